The number of nitrogens with one attached hydrogen (secondary N) is 1. The first-order valence-electron chi connectivity index (χ1n) is 8.39. The Labute approximate surface area is 159 Å². The van der Waals surface area contributed by atoms with Crippen molar-refractivity contribution in [3.05, 3.63) is 36.4 Å². The number of imidazole rings is 1. The number of aromatic nitrogens is 3. The number of nitrogens with zero attached hydrogens (tertiary/aromatic N) is 4. The highest BCUT2D eigenvalue weighted by atomic mass is 32.2. The lowest BCUT2D eigenvalue weighted by Crippen LogP contribution is -2.43. The lowest BCUT2D eigenvalue weighted by Gasteiger charge is -2.30. The van der Waals surface area contributed by atoms with E-state index in [9.17, 15) is 26.4 Å². The largest absolute Gasteiger partial charge is 0.417 e. The second kappa shape index (κ2) is 7.51. The summed E-state index contributed by atoms with van der Waals surface area (Å²) in [6, 6.07) is 1.88. The molecule has 8 nitrogen and oxygen atoms in total. The van der Waals surface area contributed by atoms with Crippen molar-refractivity contribution >= 4 is 21.7 Å². The number of aryl methyl sites for hydroxylation is 1. The number of alkyl halides is 3. The van der Waals surface area contributed by atoms with E-state index in [2.05, 4.69) is 15.3 Å². The Kier molecular flexibility index (Phi) is 5.44. The fraction of sp³-hybridized carbons (Fsp3) is 0.438. The average Bonchev–Trinajstić information content (AvgIpc) is 3.09. The zero-order chi connectivity index (χ0) is 20.5. The van der Waals surface area contributed by atoms with Gasteiger partial charge < -0.3 is 9.88 Å². The van der Waals surface area contributed by atoms with Gasteiger partial charge in [-0.3, -0.25) is 4.79 Å². The molecule has 1 N–H and O–H groups in total. The molecule has 2 aromatic heterocycles. The highest BCUT2D eigenvalue weighted by molar-refractivity contribution is 7.89. The molecule has 3 rings (SSSR count). The Balaban J connectivity index is 1.68. The lowest BCUT2D eigenvalue weighted by atomic mass is 9.99. The number of anilines is 1. The van der Waals surface area contributed by atoms with E-state index in [1.807, 2.05) is 0 Å². The number of rotatable bonds is 4. The van der Waals surface area contributed by atoms with Gasteiger partial charge >= 0.3 is 6.18 Å². The zero-order valence-electron chi connectivity index (χ0n) is 14.8. The molecule has 3 heterocycles. The third-order valence-electron chi connectivity index (χ3n) is 4.38. The van der Waals surface area contributed by atoms with Gasteiger partial charge in [0.15, 0.2) is 5.03 Å². The molecular weight excluding hydrogens is 399 g/mol. The van der Waals surface area contributed by atoms with E-state index < -0.39 is 33.6 Å². The van der Waals surface area contributed by atoms with E-state index in [1.54, 1.807) is 7.05 Å². The van der Waals surface area contributed by atoms with E-state index in [-0.39, 0.29) is 23.9 Å². The van der Waals surface area contributed by atoms with Gasteiger partial charge in [-0.1, -0.05) is 0 Å². The van der Waals surface area contributed by atoms with E-state index in [0.717, 1.165) is 12.1 Å². The maximum atomic E-state index is 12.7. The second-order valence-corrected chi connectivity index (χ2v) is 8.38. The molecule has 0 spiro atoms. The summed E-state index contributed by atoms with van der Waals surface area (Å²) in [5.41, 5.74) is -0.921. The molecule has 1 saturated heterocycles. The Hall–Kier alpha value is -2.47. The summed E-state index contributed by atoms with van der Waals surface area (Å²) in [6.45, 7) is 0.229. The number of halogens is 3. The molecule has 1 aliphatic heterocycles. The molecule has 0 saturated carbocycles. The van der Waals surface area contributed by atoms with Crippen LogP contribution in [0.1, 0.15) is 18.4 Å². The number of piperidine rings is 1. The molecule has 1 atom stereocenters. The van der Waals surface area contributed by atoms with E-state index in [1.165, 1.54) is 21.4 Å². The molecule has 0 bridgehead atoms. The summed E-state index contributed by atoms with van der Waals surface area (Å²) in [4.78, 5) is 19.9. The third kappa shape index (κ3) is 4.33. The van der Waals surface area contributed by atoms with Gasteiger partial charge in [0.1, 0.15) is 5.82 Å². The molecular formula is C16H18F3N5O3S. The summed E-state index contributed by atoms with van der Waals surface area (Å²) >= 11 is 0. The maximum Gasteiger partial charge on any atom is 0.417 e. The van der Waals surface area contributed by atoms with Crippen LogP contribution < -0.4 is 5.32 Å². The van der Waals surface area contributed by atoms with E-state index in [4.69, 9.17) is 0 Å². The normalized spacial score (nSPS) is 18.8. The first-order chi connectivity index (χ1) is 13.1. The van der Waals surface area contributed by atoms with Crippen molar-refractivity contribution in [1.29, 1.82) is 0 Å². The second-order valence-electron chi connectivity index (χ2n) is 6.50. The van der Waals surface area contributed by atoms with Gasteiger partial charge in [-0.15, -0.1) is 0 Å². The third-order valence-corrected chi connectivity index (χ3v) is 6.13. The van der Waals surface area contributed by atoms with Crippen molar-refractivity contribution in [3.63, 3.8) is 0 Å². The topological polar surface area (TPSA) is 97.2 Å². The maximum absolute atomic E-state index is 12.7. The highest BCUT2D eigenvalue weighted by Crippen LogP contribution is 2.29. The minimum Gasteiger partial charge on any atom is -0.339 e. The lowest BCUT2D eigenvalue weighted by molar-refractivity contribution is -0.137. The fourth-order valence-electron chi connectivity index (χ4n) is 2.89. The predicted molar refractivity (Wildman–Crippen MR) is 92.6 cm³/mol. The van der Waals surface area contributed by atoms with Crippen molar-refractivity contribution in [2.24, 2.45) is 13.0 Å². The van der Waals surface area contributed by atoms with Gasteiger partial charge in [0.05, 0.1) is 17.8 Å². The number of hydrogen-bond donors (Lipinski definition) is 1. The zero-order valence-corrected chi connectivity index (χ0v) is 15.7. The SMILES string of the molecule is Cn1cnc(S(=O)(=O)N2CCC[C@@H](C(=O)Nc3ccc(C(F)(F)F)cn3)C2)c1. The van der Waals surface area contributed by atoms with Gasteiger partial charge in [-0.05, 0) is 25.0 Å². The molecule has 12 heteroatoms. The van der Waals surface area contributed by atoms with Crippen LogP contribution in [0.25, 0.3) is 0 Å². The number of pyridine rings is 1. The summed E-state index contributed by atoms with van der Waals surface area (Å²) in [7, 11) is -2.17. The number of sulfonamides is 1. The van der Waals surface area contributed by atoms with Crippen LogP contribution in [-0.4, -0.2) is 46.3 Å². The van der Waals surface area contributed by atoms with Crippen molar-refractivity contribution in [2.75, 3.05) is 18.4 Å². The van der Waals surface area contributed by atoms with E-state index in [0.29, 0.717) is 19.0 Å². The van der Waals surface area contributed by atoms with Crippen molar-refractivity contribution in [3.8, 4) is 0 Å². The Morgan fingerprint density at radius 2 is 2.04 bits per heavy atom. The van der Waals surface area contributed by atoms with Gasteiger partial charge in [-0.2, -0.15) is 17.5 Å². The first-order valence-corrected chi connectivity index (χ1v) is 9.83. The van der Waals surface area contributed by atoms with Crippen LogP contribution in [0.4, 0.5) is 19.0 Å². The molecule has 0 aromatic carbocycles. The molecule has 1 fully saturated rings. The minimum absolute atomic E-state index is 0.0253. The van der Waals surface area contributed by atoms with Crippen molar-refractivity contribution < 1.29 is 26.4 Å². The van der Waals surface area contributed by atoms with Crippen molar-refractivity contribution in [2.45, 2.75) is 24.0 Å². The van der Waals surface area contributed by atoms with Crippen LogP contribution in [0.15, 0.2) is 35.9 Å². The summed E-state index contributed by atoms with van der Waals surface area (Å²) < 4.78 is 65.7. The quantitative estimate of drug-likeness (QED) is 0.819. The molecule has 0 unspecified atom stereocenters. The van der Waals surface area contributed by atoms with Crippen LogP contribution in [0, 0.1) is 5.92 Å². The van der Waals surface area contributed by atoms with Crippen LogP contribution >= 0.6 is 0 Å². The Morgan fingerprint density at radius 1 is 1.29 bits per heavy atom. The Morgan fingerprint density at radius 3 is 2.61 bits per heavy atom. The van der Waals surface area contributed by atoms with Gasteiger partial charge in [-0.25, -0.2) is 18.4 Å². The van der Waals surface area contributed by atoms with Crippen LogP contribution in [0.2, 0.25) is 0 Å². The van der Waals surface area contributed by atoms with E-state index >= 15 is 0 Å². The smallest absolute Gasteiger partial charge is 0.339 e. The highest BCUT2D eigenvalue weighted by Gasteiger charge is 2.35. The summed E-state index contributed by atoms with van der Waals surface area (Å²) in [6.07, 6.45) is -0.193. The number of carbonyl (C=O) groups is 1. The number of hydrogen-bond acceptors (Lipinski definition) is 5. The molecule has 1 amide bonds. The van der Waals surface area contributed by atoms with Gasteiger partial charge in [0.25, 0.3) is 10.0 Å². The van der Waals surface area contributed by atoms with Crippen LogP contribution in [-0.2, 0) is 28.0 Å². The number of carbonyl (C=O) groups excluding carboxylic acids is 1. The predicted octanol–water partition coefficient (Wildman–Crippen LogP) is 1.87. The average molecular weight is 417 g/mol. The standard InChI is InChI=1S/C16H18F3N5O3S/c1-23-9-14(21-10-23)28(26,27)24-6-2-3-11(8-24)15(25)22-13-5-4-12(7-20-13)16(17,18)19/h4-5,7,9-11H,2-3,6,8H2,1H3,(H,20,22,25)/t11-/m1/s1. The first kappa shape index (κ1) is 20.3. The number of amides is 1. The summed E-state index contributed by atoms with van der Waals surface area (Å²) in [5.74, 6) is -1.16. The van der Waals surface area contributed by atoms with Crippen LogP contribution in [0.5, 0.6) is 0 Å². The van der Waals surface area contributed by atoms with Gasteiger partial charge in [0.2, 0.25) is 5.91 Å². The molecule has 1 aliphatic rings. The molecule has 2 aromatic rings. The fourth-order valence-corrected chi connectivity index (χ4v) is 4.38. The molecule has 0 radical (unpaired) electrons. The van der Waals surface area contributed by atoms with Crippen molar-refractivity contribution in [1.82, 2.24) is 18.8 Å². The molecule has 152 valence electrons. The Bertz CT molecular complexity index is 957. The van der Waals surface area contributed by atoms with Gasteiger partial charge in [0, 0.05) is 32.5 Å². The molecule has 0 aliphatic carbocycles. The monoisotopic (exact) mass is 417 g/mol. The minimum atomic E-state index is -4.51. The summed E-state index contributed by atoms with van der Waals surface area (Å²) in [5, 5.41) is 2.35. The molecule has 28 heavy (non-hydrogen) atoms. The van der Waals surface area contributed by atoms with Crippen LogP contribution in [0.3, 0.4) is 0 Å².